The first-order valence-electron chi connectivity index (χ1n) is 5.47. The molecule has 0 fully saturated rings. The molecule has 2 aromatic rings. The molecule has 5 heteroatoms. The fraction of sp³-hybridized carbons (Fsp3) is 0.333. The van der Waals surface area contributed by atoms with Gasteiger partial charge < -0.3 is 5.73 Å². The molecule has 1 atom stereocenters. The minimum atomic E-state index is 0.322. The first kappa shape index (κ1) is 12.0. The molecule has 0 saturated heterocycles. The average molecular weight is 248 g/mol. The molecule has 0 aromatic carbocycles. The van der Waals surface area contributed by atoms with Crippen molar-refractivity contribution in [2.75, 3.05) is 12.8 Å². The topological polar surface area (TPSA) is 55.0 Å². The Morgan fingerprint density at radius 1 is 1.41 bits per heavy atom. The van der Waals surface area contributed by atoms with Crippen molar-refractivity contribution in [1.82, 2.24) is 14.9 Å². The largest absolute Gasteiger partial charge is 0.368 e. The van der Waals surface area contributed by atoms with Gasteiger partial charge in [-0.2, -0.15) is 0 Å². The van der Waals surface area contributed by atoms with Crippen LogP contribution in [0.2, 0.25) is 0 Å². The Balaban J connectivity index is 2.01. The summed E-state index contributed by atoms with van der Waals surface area (Å²) in [7, 11) is 2.10. The van der Waals surface area contributed by atoms with Crippen molar-refractivity contribution in [3.05, 3.63) is 40.3 Å². The Labute approximate surface area is 105 Å². The van der Waals surface area contributed by atoms with E-state index in [9.17, 15) is 0 Å². The van der Waals surface area contributed by atoms with Crippen LogP contribution in [0.15, 0.2) is 29.9 Å². The number of hydrogen-bond acceptors (Lipinski definition) is 5. The van der Waals surface area contributed by atoms with Crippen molar-refractivity contribution >= 4 is 17.3 Å². The highest BCUT2D eigenvalue weighted by Crippen LogP contribution is 2.24. The van der Waals surface area contributed by atoms with E-state index in [1.807, 2.05) is 0 Å². The van der Waals surface area contributed by atoms with Gasteiger partial charge >= 0.3 is 0 Å². The predicted molar refractivity (Wildman–Crippen MR) is 70.6 cm³/mol. The van der Waals surface area contributed by atoms with Gasteiger partial charge in [0.05, 0.1) is 0 Å². The van der Waals surface area contributed by atoms with Gasteiger partial charge in [0, 0.05) is 35.4 Å². The van der Waals surface area contributed by atoms with Crippen molar-refractivity contribution in [1.29, 1.82) is 0 Å². The summed E-state index contributed by atoms with van der Waals surface area (Å²) < 4.78 is 0. The van der Waals surface area contributed by atoms with Crippen LogP contribution in [0.1, 0.15) is 23.4 Å². The van der Waals surface area contributed by atoms with E-state index >= 15 is 0 Å². The number of hydrogen-bond donors (Lipinski definition) is 1. The van der Waals surface area contributed by atoms with E-state index in [4.69, 9.17) is 5.73 Å². The molecule has 4 nitrogen and oxygen atoms in total. The van der Waals surface area contributed by atoms with Crippen LogP contribution in [0.3, 0.4) is 0 Å². The Hall–Kier alpha value is -1.46. The average Bonchev–Trinajstić information content (AvgIpc) is 2.84. The van der Waals surface area contributed by atoms with Gasteiger partial charge in [0.25, 0.3) is 0 Å². The molecule has 0 aliphatic heterocycles. The SMILES string of the molecule is C[C@@H](c1cccs1)N(C)Cc1cnc(N)nc1. The quantitative estimate of drug-likeness (QED) is 0.902. The van der Waals surface area contributed by atoms with Crippen LogP contribution >= 0.6 is 11.3 Å². The molecule has 2 rings (SSSR count). The van der Waals surface area contributed by atoms with Gasteiger partial charge in [-0.3, -0.25) is 4.90 Å². The van der Waals surface area contributed by atoms with E-state index in [0.717, 1.165) is 12.1 Å². The number of nitrogens with two attached hydrogens (primary N) is 1. The summed E-state index contributed by atoms with van der Waals surface area (Å²) >= 11 is 1.78. The molecule has 0 unspecified atom stereocenters. The third-order valence-corrected chi connectivity index (χ3v) is 3.82. The maximum Gasteiger partial charge on any atom is 0.219 e. The molecule has 2 heterocycles. The highest BCUT2D eigenvalue weighted by Gasteiger charge is 2.12. The smallest absolute Gasteiger partial charge is 0.219 e. The van der Waals surface area contributed by atoms with Crippen molar-refractivity contribution in [3.8, 4) is 0 Å². The lowest BCUT2D eigenvalue weighted by atomic mass is 10.2. The number of nitrogens with zero attached hydrogens (tertiary/aromatic N) is 3. The minimum absolute atomic E-state index is 0.322. The molecule has 0 aliphatic rings. The molecule has 0 saturated carbocycles. The summed E-state index contributed by atoms with van der Waals surface area (Å²) in [4.78, 5) is 11.6. The van der Waals surface area contributed by atoms with E-state index < -0.39 is 0 Å². The minimum Gasteiger partial charge on any atom is -0.368 e. The molecule has 0 aliphatic carbocycles. The van der Waals surface area contributed by atoms with Crippen LogP contribution in [-0.2, 0) is 6.54 Å². The van der Waals surface area contributed by atoms with E-state index in [1.165, 1.54) is 4.88 Å². The van der Waals surface area contributed by atoms with E-state index in [0.29, 0.717) is 12.0 Å². The van der Waals surface area contributed by atoms with E-state index in [-0.39, 0.29) is 0 Å². The maximum atomic E-state index is 5.46. The number of rotatable bonds is 4. The van der Waals surface area contributed by atoms with Gasteiger partial charge in [-0.1, -0.05) is 6.07 Å². The van der Waals surface area contributed by atoms with Crippen molar-refractivity contribution < 1.29 is 0 Å². The summed E-state index contributed by atoms with van der Waals surface area (Å²) in [5.41, 5.74) is 6.53. The lowest BCUT2D eigenvalue weighted by Gasteiger charge is -2.23. The fourth-order valence-electron chi connectivity index (χ4n) is 1.62. The third-order valence-electron chi connectivity index (χ3n) is 2.77. The van der Waals surface area contributed by atoms with Crippen LogP contribution in [-0.4, -0.2) is 21.9 Å². The molecular weight excluding hydrogens is 232 g/mol. The fourth-order valence-corrected chi connectivity index (χ4v) is 2.47. The Morgan fingerprint density at radius 2 is 2.12 bits per heavy atom. The monoisotopic (exact) mass is 248 g/mol. The Bertz CT molecular complexity index is 452. The van der Waals surface area contributed by atoms with Gasteiger partial charge in [0.1, 0.15) is 0 Å². The van der Waals surface area contributed by atoms with Gasteiger partial charge in [-0.25, -0.2) is 9.97 Å². The summed E-state index contributed by atoms with van der Waals surface area (Å²) in [6.45, 7) is 3.02. The zero-order chi connectivity index (χ0) is 12.3. The van der Waals surface area contributed by atoms with Crippen LogP contribution in [0.4, 0.5) is 5.95 Å². The summed E-state index contributed by atoms with van der Waals surface area (Å²) in [6, 6.07) is 4.63. The first-order valence-corrected chi connectivity index (χ1v) is 6.35. The Kier molecular flexibility index (Phi) is 3.71. The normalized spacial score (nSPS) is 12.9. The second-order valence-electron chi connectivity index (χ2n) is 4.06. The molecule has 0 spiro atoms. The zero-order valence-electron chi connectivity index (χ0n) is 10.00. The van der Waals surface area contributed by atoms with Crippen LogP contribution < -0.4 is 5.73 Å². The molecule has 0 amide bonds. The maximum absolute atomic E-state index is 5.46. The first-order chi connectivity index (χ1) is 8.16. The standard InChI is InChI=1S/C12H16N4S/c1-9(11-4-3-5-17-11)16(2)8-10-6-14-12(13)15-7-10/h3-7,9H,8H2,1-2H3,(H2,13,14,15)/t9-/m0/s1. The van der Waals surface area contributed by atoms with E-state index in [1.54, 1.807) is 23.7 Å². The molecule has 2 N–H and O–H groups in total. The summed E-state index contributed by atoms with van der Waals surface area (Å²) in [5.74, 6) is 0.322. The number of anilines is 1. The number of thiophene rings is 1. The third kappa shape index (κ3) is 3.01. The highest BCUT2D eigenvalue weighted by molar-refractivity contribution is 7.10. The van der Waals surface area contributed by atoms with Crippen LogP contribution in [0.25, 0.3) is 0 Å². The lowest BCUT2D eigenvalue weighted by Crippen LogP contribution is -2.21. The van der Waals surface area contributed by atoms with Gasteiger partial charge in [-0.05, 0) is 25.4 Å². The highest BCUT2D eigenvalue weighted by atomic mass is 32.1. The molecule has 17 heavy (non-hydrogen) atoms. The lowest BCUT2D eigenvalue weighted by molar-refractivity contribution is 0.256. The van der Waals surface area contributed by atoms with Crippen LogP contribution in [0, 0.1) is 0 Å². The second-order valence-corrected chi connectivity index (χ2v) is 5.04. The zero-order valence-corrected chi connectivity index (χ0v) is 10.8. The van der Waals surface area contributed by atoms with E-state index in [2.05, 4.69) is 46.4 Å². The molecule has 2 aromatic heterocycles. The van der Waals surface area contributed by atoms with Crippen molar-refractivity contribution in [2.45, 2.75) is 19.5 Å². The summed E-state index contributed by atoms with van der Waals surface area (Å²) in [5, 5.41) is 2.10. The predicted octanol–water partition coefficient (Wildman–Crippen LogP) is 2.31. The molecule has 90 valence electrons. The second kappa shape index (κ2) is 5.25. The molecule has 0 bridgehead atoms. The van der Waals surface area contributed by atoms with Gasteiger partial charge in [0.2, 0.25) is 5.95 Å². The van der Waals surface area contributed by atoms with Crippen LogP contribution in [0.5, 0.6) is 0 Å². The summed E-state index contributed by atoms with van der Waals surface area (Å²) in [6.07, 6.45) is 3.56. The van der Waals surface area contributed by atoms with Gasteiger partial charge in [-0.15, -0.1) is 11.3 Å². The van der Waals surface area contributed by atoms with Crippen molar-refractivity contribution in [3.63, 3.8) is 0 Å². The van der Waals surface area contributed by atoms with Gasteiger partial charge in [0.15, 0.2) is 0 Å². The number of nitrogen functional groups attached to an aromatic ring is 1. The van der Waals surface area contributed by atoms with Crippen molar-refractivity contribution in [2.24, 2.45) is 0 Å². The number of aromatic nitrogens is 2. The molecule has 0 radical (unpaired) electrons. The molecular formula is C12H16N4S. The Morgan fingerprint density at radius 3 is 2.71 bits per heavy atom.